The minimum atomic E-state index is -1.05. The Balaban J connectivity index is 1.90. The predicted octanol–water partition coefficient (Wildman–Crippen LogP) is 1.51. The van der Waals surface area contributed by atoms with Crippen molar-refractivity contribution in [3.8, 4) is 0 Å². The van der Waals surface area contributed by atoms with E-state index in [1.165, 1.54) is 23.0 Å². The van der Waals surface area contributed by atoms with Crippen molar-refractivity contribution in [1.82, 2.24) is 14.9 Å². The first-order valence-electron chi connectivity index (χ1n) is 6.36. The molecule has 0 bridgehead atoms. The third-order valence-corrected chi connectivity index (χ3v) is 4.73. The fraction of sp³-hybridized carbons (Fsp3) is 0.385. The van der Waals surface area contributed by atoms with Gasteiger partial charge in [0.2, 0.25) is 5.91 Å². The van der Waals surface area contributed by atoms with Gasteiger partial charge in [-0.3, -0.25) is 4.79 Å². The normalized spacial score (nSPS) is 24.6. The number of rotatable bonds is 4. The zero-order valence-corrected chi connectivity index (χ0v) is 11.6. The molecule has 0 spiro atoms. The van der Waals surface area contributed by atoms with Gasteiger partial charge in [-0.1, -0.05) is 18.7 Å². The number of β-lactam (4-membered cyclic amide) rings is 1. The van der Waals surface area contributed by atoms with Crippen molar-refractivity contribution in [3.63, 3.8) is 0 Å². The molecular formula is C13H13N3O3S. The van der Waals surface area contributed by atoms with E-state index < -0.39 is 5.97 Å². The number of carboxylic acid groups (broad SMARTS) is 1. The fourth-order valence-electron chi connectivity index (χ4n) is 2.76. The number of aromatic nitrogens is 2. The molecule has 7 heteroatoms. The summed E-state index contributed by atoms with van der Waals surface area (Å²) < 4.78 is 0. The summed E-state index contributed by atoms with van der Waals surface area (Å²) in [6.07, 6.45) is 4.38. The number of fused-ring (bicyclic) bond motifs is 1. The van der Waals surface area contributed by atoms with Crippen molar-refractivity contribution in [3.05, 3.63) is 29.2 Å². The van der Waals surface area contributed by atoms with Crippen molar-refractivity contribution in [2.75, 3.05) is 0 Å². The van der Waals surface area contributed by atoms with Gasteiger partial charge in [0, 0.05) is 17.5 Å². The van der Waals surface area contributed by atoms with Gasteiger partial charge in [0.05, 0.1) is 12.0 Å². The van der Waals surface area contributed by atoms with Crippen LogP contribution in [-0.4, -0.2) is 37.9 Å². The van der Waals surface area contributed by atoms with Crippen LogP contribution in [-0.2, 0) is 9.59 Å². The molecule has 3 heterocycles. The van der Waals surface area contributed by atoms with Gasteiger partial charge in [0.1, 0.15) is 17.1 Å². The second kappa shape index (κ2) is 4.90. The summed E-state index contributed by atoms with van der Waals surface area (Å²) in [5.74, 6) is -1.17. The SMILES string of the molecule is CCC1C(=O)N2C(C(=O)O)=C(Sc3ccncn3)CC12. The molecule has 0 saturated carbocycles. The predicted molar refractivity (Wildman–Crippen MR) is 71.6 cm³/mol. The molecule has 0 aliphatic carbocycles. The summed E-state index contributed by atoms with van der Waals surface area (Å²) in [6, 6.07) is 1.73. The van der Waals surface area contributed by atoms with Gasteiger partial charge in [-0.25, -0.2) is 14.8 Å². The van der Waals surface area contributed by atoms with Crippen LogP contribution in [0, 0.1) is 5.92 Å². The summed E-state index contributed by atoms with van der Waals surface area (Å²) in [5.41, 5.74) is 0.119. The van der Waals surface area contributed by atoms with Gasteiger partial charge in [-0.15, -0.1) is 0 Å². The van der Waals surface area contributed by atoms with Crippen LogP contribution in [0.2, 0.25) is 0 Å². The summed E-state index contributed by atoms with van der Waals surface area (Å²) in [7, 11) is 0. The first kappa shape index (κ1) is 13.1. The smallest absolute Gasteiger partial charge is 0.353 e. The van der Waals surface area contributed by atoms with E-state index in [4.69, 9.17) is 0 Å². The largest absolute Gasteiger partial charge is 0.477 e. The maximum absolute atomic E-state index is 12.0. The summed E-state index contributed by atoms with van der Waals surface area (Å²) >= 11 is 1.30. The molecular weight excluding hydrogens is 278 g/mol. The van der Waals surface area contributed by atoms with Crippen molar-refractivity contribution < 1.29 is 14.7 Å². The van der Waals surface area contributed by atoms with Gasteiger partial charge in [-0.2, -0.15) is 0 Å². The van der Waals surface area contributed by atoms with E-state index in [-0.39, 0.29) is 23.6 Å². The molecule has 2 aliphatic heterocycles. The highest BCUT2D eigenvalue weighted by Crippen LogP contribution is 2.48. The monoisotopic (exact) mass is 291 g/mol. The zero-order chi connectivity index (χ0) is 14.3. The molecule has 1 aromatic heterocycles. The molecule has 2 atom stereocenters. The van der Waals surface area contributed by atoms with Crippen LogP contribution in [0.3, 0.4) is 0 Å². The number of aliphatic carboxylic acids is 1. The Morgan fingerprint density at radius 1 is 1.60 bits per heavy atom. The van der Waals surface area contributed by atoms with Gasteiger partial charge in [-0.05, 0) is 12.5 Å². The van der Waals surface area contributed by atoms with Gasteiger partial charge >= 0.3 is 5.97 Å². The zero-order valence-electron chi connectivity index (χ0n) is 10.8. The highest BCUT2D eigenvalue weighted by atomic mass is 32.2. The molecule has 104 valence electrons. The second-order valence-electron chi connectivity index (χ2n) is 4.72. The summed E-state index contributed by atoms with van der Waals surface area (Å²) in [6.45, 7) is 1.95. The van der Waals surface area contributed by atoms with E-state index in [0.717, 1.165) is 6.42 Å². The highest BCUT2D eigenvalue weighted by Gasteiger charge is 2.54. The Hall–Kier alpha value is -1.89. The standard InChI is InChI=1S/C13H13N3O3S/c1-2-7-8-5-9(20-10-3-4-14-6-15-10)11(13(18)19)16(8)12(7)17/h3-4,6-8H,2,5H2,1H3,(H,18,19). The van der Waals surface area contributed by atoms with E-state index in [2.05, 4.69) is 9.97 Å². The van der Waals surface area contributed by atoms with Crippen molar-refractivity contribution in [2.24, 2.45) is 5.92 Å². The fourth-order valence-corrected chi connectivity index (χ4v) is 3.78. The molecule has 1 N–H and O–H groups in total. The van der Waals surface area contributed by atoms with Crippen LogP contribution in [0.25, 0.3) is 0 Å². The molecule has 0 radical (unpaired) electrons. The maximum Gasteiger partial charge on any atom is 0.353 e. The maximum atomic E-state index is 12.0. The molecule has 20 heavy (non-hydrogen) atoms. The van der Waals surface area contributed by atoms with E-state index >= 15 is 0 Å². The third kappa shape index (κ3) is 1.89. The number of amides is 1. The lowest BCUT2D eigenvalue weighted by atomic mass is 9.85. The average Bonchev–Trinajstić information content (AvgIpc) is 2.76. The first-order chi connectivity index (χ1) is 9.63. The number of carbonyl (C=O) groups is 2. The Morgan fingerprint density at radius 2 is 2.40 bits per heavy atom. The Morgan fingerprint density at radius 3 is 3.00 bits per heavy atom. The Kier molecular flexibility index (Phi) is 3.21. The number of nitrogens with zero attached hydrogens (tertiary/aromatic N) is 3. The van der Waals surface area contributed by atoms with Crippen molar-refractivity contribution in [2.45, 2.75) is 30.8 Å². The lowest BCUT2D eigenvalue weighted by molar-refractivity contribution is -0.155. The third-order valence-electron chi connectivity index (χ3n) is 3.68. The molecule has 1 saturated heterocycles. The average molecular weight is 291 g/mol. The van der Waals surface area contributed by atoms with Crippen LogP contribution in [0.1, 0.15) is 19.8 Å². The summed E-state index contributed by atoms with van der Waals surface area (Å²) in [5, 5.41) is 10.1. The van der Waals surface area contributed by atoms with Crippen LogP contribution in [0.15, 0.2) is 34.2 Å². The number of hydrogen-bond acceptors (Lipinski definition) is 5. The van der Waals surface area contributed by atoms with Gasteiger partial charge in [0.15, 0.2) is 0 Å². The van der Waals surface area contributed by atoms with E-state index in [1.807, 2.05) is 6.92 Å². The molecule has 1 amide bonds. The lowest BCUT2D eigenvalue weighted by Gasteiger charge is -2.42. The quantitative estimate of drug-likeness (QED) is 0.668. The van der Waals surface area contributed by atoms with Crippen molar-refractivity contribution >= 4 is 23.6 Å². The molecule has 2 aliphatic rings. The molecule has 6 nitrogen and oxygen atoms in total. The Bertz CT molecular complexity index is 602. The van der Waals surface area contributed by atoms with Crippen molar-refractivity contribution in [1.29, 1.82) is 0 Å². The minimum Gasteiger partial charge on any atom is -0.477 e. The van der Waals surface area contributed by atoms with E-state index in [9.17, 15) is 14.7 Å². The van der Waals surface area contributed by atoms with Crippen LogP contribution in [0.4, 0.5) is 0 Å². The molecule has 1 fully saturated rings. The number of carboxylic acids is 1. The van der Waals surface area contributed by atoms with Crippen LogP contribution < -0.4 is 0 Å². The Labute approximate surface area is 119 Å². The lowest BCUT2D eigenvalue weighted by Crippen LogP contribution is -2.58. The number of thioether (sulfide) groups is 1. The summed E-state index contributed by atoms with van der Waals surface area (Å²) in [4.78, 5) is 33.5. The second-order valence-corrected chi connectivity index (χ2v) is 5.84. The van der Waals surface area contributed by atoms with Crippen LogP contribution in [0.5, 0.6) is 0 Å². The number of carbonyl (C=O) groups excluding carboxylic acids is 1. The van der Waals surface area contributed by atoms with E-state index in [0.29, 0.717) is 16.4 Å². The molecule has 2 unspecified atom stereocenters. The highest BCUT2D eigenvalue weighted by molar-refractivity contribution is 8.03. The van der Waals surface area contributed by atoms with E-state index in [1.54, 1.807) is 12.3 Å². The molecule has 0 aromatic carbocycles. The van der Waals surface area contributed by atoms with Gasteiger partial charge < -0.3 is 10.0 Å². The van der Waals surface area contributed by atoms with Crippen LogP contribution >= 0.6 is 11.8 Å². The minimum absolute atomic E-state index is 0.00272. The number of hydrogen-bond donors (Lipinski definition) is 1. The topological polar surface area (TPSA) is 83.4 Å². The first-order valence-corrected chi connectivity index (χ1v) is 7.18. The molecule has 3 rings (SSSR count). The van der Waals surface area contributed by atoms with Gasteiger partial charge in [0.25, 0.3) is 0 Å². The molecule has 1 aromatic rings.